The second kappa shape index (κ2) is 12.7. The SMILES string of the molecule is CO[C@H]1[C@H]([C@H](O)[C@H](O)CO)O[C@@](OC[C@H]2O[C@@H](Oc3ccc([N+](=O)[O-])cc3)[C@H](O)[C@@H](O)[C@H]2O)(C(=O)O)C[C@@H]1O. The zero-order valence-corrected chi connectivity index (χ0v) is 20.5. The van der Waals surface area contributed by atoms with Crippen molar-refractivity contribution in [2.45, 2.75) is 73.4 Å². The summed E-state index contributed by atoms with van der Waals surface area (Å²) < 4.78 is 26.9. The van der Waals surface area contributed by atoms with Crippen LogP contribution in [0.25, 0.3) is 0 Å². The Morgan fingerprint density at radius 3 is 2.33 bits per heavy atom. The quantitative estimate of drug-likeness (QED) is 0.0953. The van der Waals surface area contributed by atoms with Crippen LogP contribution in [0.1, 0.15) is 6.42 Å². The van der Waals surface area contributed by atoms with Crippen molar-refractivity contribution in [3.8, 4) is 5.75 Å². The smallest absolute Gasteiger partial charge is 0.364 e. The first-order valence-corrected chi connectivity index (χ1v) is 11.7. The number of nitrogens with zero attached hydrogens (tertiary/aromatic N) is 1. The lowest BCUT2D eigenvalue weighted by Crippen LogP contribution is -2.65. The van der Waals surface area contributed by atoms with Crippen LogP contribution >= 0.6 is 0 Å². The third-order valence-electron chi connectivity index (χ3n) is 6.47. The Labute approximate surface area is 220 Å². The van der Waals surface area contributed by atoms with E-state index >= 15 is 0 Å². The molecule has 2 aliphatic rings. The van der Waals surface area contributed by atoms with Gasteiger partial charge in [-0.2, -0.15) is 0 Å². The maximum Gasteiger partial charge on any atom is 0.364 e. The van der Waals surface area contributed by atoms with Crippen molar-refractivity contribution in [2.24, 2.45) is 0 Å². The molecular weight excluding hydrogens is 534 g/mol. The summed E-state index contributed by atoms with van der Waals surface area (Å²) in [6, 6.07) is 4.63. The number of nitro benzene ring substituents is 1. The number of carbonyl (C=O) groups is 1. The van der Waals surface area contributed by atoms with E-state index < -0.39 is 97.5 Å². The Balaban J connectivity index is 1.78. The topological polar surface area (TPSA) is 268 Å². The van der Waals surface area contributed by atoms with E-state index in [9.17, 15) is 55.8 Å². The van der Waals surface area contributed by atoms with Crippen molar-refractivity contribution < 1.29 is 74.3 Å². The lowest BCUT2D eigenvalue weighted by molar-refractivity contribution is -0.384. The van der Waals surface area contributed by atoms with Crippen molar-refractivity contribution in [3.05, 3.63) is 34.4 Å². The van der Waals surface area contributed by atoms with Gasteiger partial charge in [0, 0.05) is 25.7 Å². The molecule has 3 rings (SSSR count). The minimum atomic E-state index is -2.67. The minimum absolute atomic E-state index is 0.00136. The molecule has 0 amide bonds. The van der Waals surface area contributed by atoms with Crippen LogP contribution in [0.2, 0.25) is 0 Å². The largest absolute Gasteiger partial charge is 0.477 e. The van der Waals surface area contributed by atoms with Gasteiger partial charge in [-0.3, -0.25) is 10.1 Å². The predicted molar refractivity (Wildman–Crippen MR) is 122 cm³/mol. The van der Waals surface area contributed by atoms with Crippen molar-refractivity contribution in [1.29, 1.82) is 0 Å². The first-order valence-electron chi connectivity index (χ1n) is 11.7. The van der Waals surface area contributed by atoms with Gasteiger partial charge in [-0.05, 0) is 12.1 Å². The Hall–Kier alpha value is -2.55. The van der Waals surface area contributed by atoms with Crippen molar-refractivity contribution in [1.82, 2.24) is 0 Å². The molecular formula is C22H31NO16. The summed E-state index contributed by atoms with van der Waals surface area (Å²) in [5.74, 6) is -4.44. The minimum Gasteiger partial charge on any atom is -0.477 e. The van der Waals surface area contributed by atoms with E-state index in [0.29, 0.717) is 0 Å². The van der Waals surface area contributed by atoms with Crippen molar-refractivity contribution in [2.75, 3.05) is 20.3 Å². The van der Waals surface area contributed by atoms with Gasteiger partial charge < -0.3 is 64.5 Å². The number of aliphatic carboxylic acids is 1. The molecule has 0 spiro atoms. The molecule has 17 heteroatoms. The van der Waals surface area contributed by atoms with Crippen LogP contribution < -0.4 is 4.74 Å². The molecule has 11 atom stereocenters. The normalized spacial score (nSPS) is 36.6. The van der Waals surface area contributed by atoms with Gasteiger partial charge in [0.05, 0.1) is 24.2 Å². The number of non-ortho nitro benzene ring substituents is 1. The van der Waals surface area contributed by atoms with E-state index in [4.69, 9.17) is 23.7 Å². The molecule has 2 heterocycles. The lowest BCUT2D eigenvalue weighted by atomic mass is 9.90. The number of carboxylic acid groups (broad SMARTS) is 1. The standard InChI is InChI=1S/C22H31NO16/c1-35-18-11(25)6-22(21(31)32,39-19(18)14(27)12(26)7-24)36-8-13-15(28)16(29)17(30)20(38-13)37-10-4-2-9(3-5-10)23(33)34/h2-5,11-20,24-30H,6-8H2,1H3,(H,31,32)/t11-,12+,13+,14+,15-,16-,17+,18+,19-,20+,22+/m0/s1. The van der Waals surface area contributed by atoms with Gasteiger partial charge in [-0.1, -0.05) is 0 Å². The predicted octanol–water partition coefficient (Wildman–Crippen LogP) is -3.54. The van der Waals surface area contributed by atoms with Crippen LogP contribution in [0.15, 0.2) is 24.3 Å². The second-order valence-corrected chi connectivity index (χ2v) is 9.05. The molecule has 2 aliphatic heterocycles. The number of rotatable bonds is 11. The summed E-state index contributed by atoms with van der Waals surface area (Å²) in [6.07, 6.45) is -17.7. The highest BCUT2D eigenvalue weighted by Crippen LogP contribution is 2.35. The van der Waals surface area contributed by atoms with Gasteiger partial charge in [0.25, 0.3) is 11.5 Å². The molecule has 17 nitrogen and oxygen atoms in total. The molecule has 8 N–H and O–H groups in total. The van der Waals surface area contributed by atoms with E-state index in [1.165, 1.54) is 12.1 Å². The maximum absolute atomic E-state index is 12.2. The monoisotopic (exact) mass is 565 g/mol. The van der Waals surface area contributed by atoms with Crippen LogP contribution in [0.4, 0.5) is 5.69 Å². The fraction of sp³-hybridized carbons (Fsp3) is 0.682. The van der Waals surface area contributed by atoms with Gasteiger partial charge in [-0.25, -0.2) is 4.79 Å². The number of aliphatic hydroxyl groups is 7. The number of hydrogen-bond acceptors (Lipinski definition) is 15. The summed E-state index contributed by atoms with van der Waals surface area (Å²) in [4.78, 5) is 22.4. The fourth-order valence-corrected chi connectivity index (χ4v) is 4.27. The number of carboxylic acids is 1. The van der Waals surface area contributed by atoms with Crippen LogP contribution in [-0.4, -0.2) is 139 Å². The number of benzene rings is 1. The highest BCUT2D eigenvalue weighted by molar-refractivity contribution is 5.76. The van der Waals surface area contributed by atoms with Crippen molar-refractivity contribution >= 4 is 11.7 Å². The zero-order valence-electron chi connectivity index (χ0n) is 20.5. The van der Waals surface area contributed by atoms with Gasteiger partial charge in [0.15, 0.2) is 0 Å². The van der Waals surface area contributed by atoms with Gasteiger partial charge in [0.2, 0.25) is 6.29 Å². The van der Waals surface area contributed by atoms with Gasteiger partial charge in [0.1, 0.15) is 54.6 Å². The molecule has 0 saturated carbocycles. The Morgan fingerprint density at radius 2 is 1.79 bits per heavy atom. The summed E-state index contributed by atoms with van der Waals surface area (Å²) in [5.41, 5.74) is -0.242. The molecule has 39 heavy (non-hydrogen) atoms. The summed E-state index contributed by atoms with van der Waals surface area (Å²) in [6.45, 7) is -1.74. The molecule has 0 unspecified atom stereocenters. The molecule has 1 aromatic rings. The summed E-state index contributed by atoms with van der Waals surface area (Å²) in [5, 5.41) is 91.7. The van der Waals surface area contributed by atoms with Gasteiger partial charge >= 0.3 is 5.97 Å². The molecule has 1 aromatic carbocycles. The molecule has 0 radical (unpaired) electrons. The number of hydrogen-bond donors (Lipinski definition) is 8. The van der Waals surface area contributed by atoms with Gasteiger partial charge in [-0.15, -0.1) is 0 Å². The third kappa shape index (κ3) is 6.61. The van der Waals surface area contributed by atoms with Crippen LogP contribution in [0.3, 0.4) is 0 Å². The van der Waals surface area contributed by atoms with Crippen LogP contribution in [0.5, 0.6) is 5.75 Å². The Kier molecular flexibility index (Phi) is 10.1. The summed E-state index contributed by atoms with van der Waals surface area (Å²) in [7, 11) is 1.14. The average molecular weight is 565 g/mol. The molecule has 0 aliphatic carbocycles. The Morgan fingerprint density at radius 1 is 1.15 bits per heavy atom. The number of aliphatic hydroxyl groups excluding tert-OH is 7. The first-order chi connectivity index (χ1) is 18.3. The summed E-state index contributed by atoms with van der Waals surface area (Å²) >= 11 is 0. The second-order valence-electron chi connectivity index (χ2n) is 9.05. The highest BCUT2D eigenvalue weighted by atomic mass is 16.7. The molecule has 2 saturated heterocycles. The number of methoxy groups -OCH3 is 1. The number of nitro groups is 1. The number of ether oxygens (including phenoxy) is 5. The van der Waals surface area contributed by atoms with E-state index in [1.807, 2.05) is 0 Å². The Bertz CT molecular complexity index is 979. The van der Waals surface area contributed by atoms with Crippen LogP contribution in [-0.2, 0) is 23.7 Å². The highest BCUT2D eigenvalue weighted by Gasteiger charge is 2.56. The van der Waals surface area contributed by atoms with E-state index in [0.717, 1.165) is 19.2 Å². The fourth-order valence-electron chi connectivity index (χ4n) is 4.27. The molecule has 0 aromatic heterocycles. The average Bonchev–Trinajstić information content (AvgIpc) is 2.91. The van der Waals surface area contributed by atoms with E-state index in [1.54, 1.807) is 0 Å². The van der Waals surface area contributed by atoms with Crippen LogP contribution in [0, 0.1) is 10.1 Å². The molecule has 220 valence electrons. The lowest BCUT2D eigenvalue weighted by Gasteiger charge is -2.46. The third-order valence-corrected chi connectivity index (χ3v) is 6.47. The maximum atomic E-state index is 12.2. The molecule has 2 fully saturated rings. The van der Waals surface area contributed by atoms with Crippen molar-refractivity contribution in [3.63, 3.8) is 0 Å². The van der Waals surface area contributed by atoms with E-state index in [2.05, 4.69) is 0 Å². The van der Waals surface area contributed by atoms with E-state index in [-0.39, 0.29) is 11.4 Å². The zero-order chi connectivity index (χ0) is 29.1. The first kappa shape index (κ1) is 31.0. The molecule has 0 bridgehead atoms.